The fraction of sp³-hybridized carbons (Fsp3) is 0.148. The molecule has 0 aliphatic heterocycles. The minimum absolute atomic E-state index is 0.0178. The third-order valence-corrected chi connectivity index (χ3v) is 6.18. The molecule has 172 valence electrons. The summed E-state index contributed by atoms with van der Waals surface area (Å²) in [6.07, 6.45) is 1.77. The maximum absolute atomic E-state index is 14.0. The van der Waals surface area contributed by atoms with Crippen molar-refractivity contribution in [3.05, 3.63) is 106 Å². The van der Waals surface area contributed by atoms with Crippen LogP contribution in [0.5, 0.6) is 0 Å². The second kappa shape index (κ2) is 10.1. The highest BCUT2D eigenvalue weighted by Gasteiger charge is 2.16. The number of carbonyl (C=O) groups is 1. The highest BCUT2D eigenvalue weighted by atomic mass is 32.2. The van der Waals surface area contributed by atoms with Gasteiger partial charge in [-0.25, -0.2) is 9.37 Å². The van der Waals surface area contributed by atoms with E-state index in [4.69, 9.17) is 4.98 Å². The number of fused-ring (bicyclic) bond motifs is 1. The van der Waals surface area contributed by atoms with E-state index in [9.17, 15) is 14.0 Å². The molecule has 7 heteroatoms. The summed E-state index contributed by atoms with van der Waals surface area (Å²) >= 11 is 1.37. The maximum Gasteiger partial charge on any atom is 0.266 e. The zero-order chi connectivity index (χ0) is 24.2. The predicted molar refractivity (Wildman–Crippen MR) is 136 cm³/mol. The van der Waals surface area contributed by atoms with Gasteiger partial charge in [-0.3, -0.25) is 14.2 Å². The predicted octanol–water partition coefficient (Wildman–Crippen LogP) is 5.60. The normalized spacial score (nSPS) is 11.1. The number of amides is 1. The number of rotatable bonds is 7. The van der Waals surface area contributed by atoms with E-state index in [1.807, 2.05) is 38.1 Å². The topological polar surface area (TPSA) is 64.0 Å². The molecule has 4 rings (SSSR count). The summed E-state index contributed by atoms with van der Waals surface area (Å²) in [5.41, 5.74) is 2.97. The third kappa shape index (κ3) is 5.10. The Hall–Kier alpha value is -3.71. The van der Waals surface area contributed by atoms with Crippen LogP contribution in [0.4, 0.5) is 4.39 Å². The van der Waals surface area contributed by atoms with Gasteiger partial charge in [0.25, 0.3) is 11.5 Å². The van der Waals surface area contributed by atoms with E-state index in [-0.39, 0.29) is 17.5 Å². The molecule has 0 aliphatic rings. The number of nitrogens with one attached hydrogen (secondary N) is 1. The fourth-order valence-electron chi connectivity index (χ4n) is 3.49. The molecule has 0 saturated carbocycles. The molecule has 0 saturated heterocycles. The van der Waals surface area contributed by atoms with Gasteiger partial charge in [-0.05, 0) is 61.4 Å². The largest absolute Gasteiger partial charge is 0.350 e. The van der Waals surface area contributed by atoms with E-state index in [0.717, 1.165) is 11.1 Å². The lowest BCUT2D eigenvalue weighted by molar-refractivity contribution is 0.0943. The van der Waals surface area contributed by atoms with Gasteiger partial charge in [0.15, 0.2) is 5.16 Å². The Kier molecular flexibility index (Phi) is 6.93. The van der Waals surface area contributed by atoms with E-state index < -0.39 is 5.82 Å². The Morgan fingerprint density at radius 1 is 1.15 bits per heavy atom. The lowest BCUT2D eigenvalue weighted by atomic mass is 10.1. The monoisotopic (exact) mass is 473 g/mol. The molecule has 34 heavy (non-hydrogen) atoms. The van der Waals surface area contributed by atoms with Crippen molar-refractivity contribution in [2.45, 2.75) is 30.8 Å². The van der Waals surface area contributed by atoms with Gasteiger partial charge in [0.2, 0.25) is 0 Å². The van der Waals surface area contributed by atoms with Crippen LogP contribution in [0.1, 0.15) is 35.3 Å². The summed E-state index contributed by atoms with van der Waals surface area (Å²) in [6.45, 7) is 7.53. The van der Waals surface area contributed by atoms with Crippen LogP contribution in [-0.2, 0) is 5.75 Å². The molecule has 0 bridgehead atoms. The first-order valence-electron chi connectivity index (χ1n) is 10.8. The van der Waals surface area contributed by atoms with Crippen molar-refractivity contribution in [2.24, 2.45) is 0 Å². The van der Waals surface area contributed by atoms with Gasteiger partial charge in [0.05, 0.1) is 16.6 Å². The summed E-state index contributed by atoms with van der Waals surface area (Å²) in [7, 11) is 0. The molecule has 1 amide bonds. The second-order valence-corrected chi connectivity index (χ2v) is 9.05. The van der Waals surface area contributed by atoms with Crippen molar-refractivity contribution in [3.8, 4) is 5.69 Å². The summed E-state index contributed by atoms with van der Waals surface area (Å²) < 4.78 is 15.4. The van der Waals surface area contributed by atoms with Crippen LogP contribution in [0.2, 0.25) is 0 Å². The van der Waals surface area contributed by atoms with Crippen molar-refractivity contribution in [1.29, 1.82) is 0 Å². The number of hydrogen-bond donors (Lipinski definition) is 1. The van der Waals surface area contributed by atoms with Gasteiger partial charge in [-0.15, -0.1) is 0 Å². The highest BCUT2D eigenvalue weighted by Crippen LogP contribution is 2.25. The van der Waals surface area contributed by atoms with Gasteiger partial charge in [0.1, 0.15) is 5.82 Å². The van der Waals surface area contributed by atoms with Gasteiger partial charge >= 0.3 is 0 Å². The molecule has 3 aromatic carbocycles. The first-order chi connectivity index (χ1) is 16.4. The van der Waals surface area contributed by atoms with Gasteiger partial charge in [0, 0.05) is 17.4 Å². The number of carbonyl (C=O) groups excluding carboxylic acids is 1. The van der Waals surface area contributed by atoms with Gasteiger partial charge in [-0.1, -0.05) is 54.7 Å². The molecule has 5 nitrogen and oxygen atoms in total. The lowest BCUT2D eigenvalue weighted by Gasteiger charge is -2.14. The zero-order valence-corrected chi connectivity index (χ0v) is 19.7. The molecule has 4 aromatic rings. The minimum Gasteiger partial charge on any atom is -0.350 e. The second-order valence-electron chi connectivity index (χ2n) is 8.11. The van der Waals surface area contributed by atoms with Crippen LogP contribution in [0, 0.1) is 5.82 Å². The van der Waals surface area contributed by atoms with E-state index >= 15 is 0 Å². The fourth-order valence-corrected chi connectivity index (χ4v) is 4.46. The van der Waals surface area contributed by atoms with Crippen molar-refractivity contribution in [3.63, 3.8) is 0 Å². The Labute approximate surface area is 201 Å². The molecule has 0 spiro atoms. The first kappa shape index (κ1) is 23.4. The van der Waals surface area contributed by atoms with Crippen LogP contribution in [0.3, 0.4) is 0 Å². The number of thioether (sulfide) groups is 1. The van der Waals surface area contributed by atoms with E-state index in [1.165, 1.54) is 28.5 Å². The number of halogens is 1. The van der Waals surface area contributed by atoms with E-state index in [1.54, 1.807) is 36.4 Å². The van der Waals surface area contributed by atoms with Crippen LogP contribution in [-0.4, -0.2) is 21.5 Å². The smallest absolute Gasteiger partial charge is 0.266 e. The average Bonchev–Trinajstić information content (AvgIpc) is 2.82. The summed E-state index contributed by atoms with van der Waals surface area (Å²) in [6, 6.07) is 18.6. The Balaban J connectivity index is 1.81. The molecule has 1 aromatic heterocycles. The molecular formula is C27H24FN3O2S. The Morgan fingerprint density at radius 3 is 2.59 bits per heavy atom. The molecule has 0 aliphatic carbocycles. The number of hydrogen-bond acceptors (Lipinski definition) is 4. The van der Waals surface area contributed by atoms with Crippen LogP contribution in [0.15, 0.2) is 83.3 Å². The molecule has 0 unspecified atom stereocenters. The first-order valence-corrected chi connectivity index (χ1v) is 11.8. The van der Waals surface area contributed by atoms with E-state index in [0.29, 0.717) is 33.1 Å². The number of aromatic nitrogens is 2. The van der Waals surface area contributed by atoms with Gasteiger partial charge in [-0.2, -0.15) is 0 Å². The van der Waals surface area contributed by atoms with Crippen molar-refractivity contribution in [2.75, 3.05) is 0 Å². The van der Waals surface area contributed by atoms with Crippen LogP contribution < -0.4 is 10.9 Å². The van der Waals surface area contributed by atoms with Crippen molar-refractivity contribution in [1.82, 2.24) is 14.9 Å². The summed E-state index contributed by atoms with van der Waals surface area (Å²) in [5.74, 6) is -0.122. The van der Waals surface area contributed by atoms with E-state index in [2.05, 4.69) is 11.9 Å². The number of nitrogens with zero attached hydrogens (tertiary/aromatic N) is 2. The Morgan fingerprint density at radius 2 is 1.91 bits per heavy atom. The molecule has 0 fully saturated rings. The quantitative estimate of drug-likeness (QED) is 0.280. The molecule has 0 radical (unpaired) electrons. The SMILES string of the molecule is C=Cc1ccc(CSc2nc3cc(C(=O)NC(C)C)ccc3c(=O)n2-c2cccc(F)c2)cc1. The van der Waals surface area contributed by atoms with Crippen molar-refractivity contribution >= 4 is 34.6 Å². The third-order valence-electron chi connectivity index (χ3n) is 5.17. The lowest BCUT2D eigenvalue weighted by Crippen LogP contribution is -2.30. The highest BCUT2D eigenvalue weighted by molar-refractivity contribution is 7.98. The van der Waals surface area contributed by atoms with Gasteiger partial charge < -0.3 is 5.32 Å². The average molecular weight is 474 g/mol. The molecule has 1 N–H and O–H groups in total. The summed E-state index contributed by atoms with van der Waals surface area (Å²) in [4.78, 5) is 30.7. The standard InChI is InChI=1S/C27H24FN3O2S/c1-4-18-8-10-19(11-9-18)16-34-27-30-24-14-20(25(32)29-17(2)3)12-13-23(24)26(33)31(27)22-7-5-6-21(28)15-22/h4-15,17H,1,16H2,2-3H3,(H,29,32). The van der Waals surface area contributed by atoms with Crippen molar-refractivity contribution < 1.29 is 9.18 Å². The number of benzene rings is 3. The van der Waals surface area contributed by atoms with Crippen LogP contribution >= 0.6 is 11.8 Å². The molecule has 1 heterocycles. The summed E-state index contributed by atoms with van der Waals surface area (Å²) in [5, 5.41) is 3.61. The maximum atomic E-state index is 14.0. The minimum atomic E-state index is -0.443. The molecule has 0 atom stereocenters. The molecular weight excluding hydrogens is 449 g/mol. The van der Waals surface area contributed by atoms with Crippen LogP contribution in [0.25, 0.3) is 22.7 Å². The zero-order valence-electron chi connectivity index (χ0n) is 18.9. The Bertz CT molecular complexity index is 1430.